The van der Waals surface area contributed by atoms with Gasteiger partial charge in [-0.2, -0.15) is 0 Å². The van der Waals surface area contributed by atoms with E-state index in [0.717, 1.165) is 0 Å². The summed E-state index contributed by atoms with van der Waals surface area (Å²) in [5, 5.41) is 14.4. The summed E-state index contributed by atoms with van der Waals surface area (Å²) in [5.74, 6) is -0.137. The lowest BCUT2D eigenvalue weighted by Crippen LogP contribution is -2.15. The van der Waals surface area contributed by atoms with E-state index in [9.17, 15) is 9.90 Å². The Morgan fingerprint density at radius 1 is 1.00 bits per heavy atom. The van der Waals surface area contributed by atoms with Gasteiger partial charge in [0.2, 0.25) is 0 Å². The van der Waals surface area contributed by atoms with Crippen LogP contribution in [0.3, 0.4) is 0 Å². The Morgan fingerprint density at radius 3 is 2.25 bits per heavy atom. The fourth-order valence-electron chi connectivity index (χ4n) is 2.77. The van der Waals surface area contributed by atoms with Gasteiger partial charge < -0.3 is 15.2 Å². The summed E-state index contributed by atoms with van der Waals surface area (Å²) < 4.78 is 5.10. The first-order chi connectivity index (χ1) is 13.4. The largest absolute Gasteiger partial charge is 0.494 e. The standard InChI is InChI=1S/C21H16Cl3NO3/c1-28-20-16(23)9-13(10-17(20)24)21(27)25-18-8-7-14(22)11-15(18)19(26)12-5-3-2-4-6-12/h2-11,19,26H,1H3,(H,25,27)/t19-/m0/s1. The molecule has 0 spiro atoms. The molecule has 2 N–H and O–H groups in total. The van der Waals surface area contributed by atoms with E-state index in [4.69, 9.17) is 39.5 Å². The van der Waals surface area contributed by atoms with Crippen LogP contribution in [-0.2, 0) is 0 Å². The first-order valence-electron chi connectivity index (χ1n) is 8.27. The molecule has 144 valence electrons. The molecule has 3 aromatic rings. The van der Waals surface area contributed by atoms with Crippen molar-refractivity contribution >= 4 is 46.4 Å². The van der Waals surface area contributed by atoms with Crippen LogP contribution in [0.25, 0.3) is 0 Å². The fraction of sp³-hybridized carbons (Fsp3) is 0.0952. The summed E-state index contributed by atoms with van der Waals surface area (Å²) >= 11 is 18.3. The summed E-state index contributed by atoms with van der Waals surface area (Å²) in [6.45, 7) is 0. The molecule has 0 aliphatic carbocycles. The van der Waals surface area contributed by atoms with Gasteiger partial charge in [-0.1, -0.05) is 65.1 Å². The Labute approximate surface area is 177 Å². The third kappa shape index (κ3) is 4.42. The quantitative estimate of drug-likeness (QED) is 0.516. The highest BCUT2D eigenvalue weighted by molar-refractivity contribution is 6.37. The molecular weight excluding hydrogens is 421 g/mol. The lowest BCUT2D eigenvalue weighted by molar-refractivity contribution is 0.102. The monoisotopic (exact) mass is 435 g/mol. The van der Waals surface area contributed by atoms with Crippen LogP contribution < -0.4 is 10.1 Å². The van der Waals surface area contributed by atoms with Gasteiger partial charge in [0.25, 0.3) is 5.91 Å². The van der Waals surface area contributed by atoms with E-state index in [1.165, 1.54) is 19.2 Å². The SMILES string of the molecule is COc1c(Cl)cc(C(=O)Nc2ccc(Cl)cc2[C@@H](O)c2ccccc2)cc1Cl. The van der Waals surface area contributed by atoms with Gasteiger partial charge in [-0.25, -0.2) is 0 Å². The van der Waals surface area contributed by atoms with Crippen molar-refractivity contribution in [3.63, 3.8) is 0 Å². The van der Waals surface area contributed by atoms with Gasteiger partial charge >= 0.3 is 0 Å². The van der Waals surface area contributed by atoms with Crippen molar-refractivity contribution in [1.82, 2.24) is 0 Å². The summed E-state index contributed by atoms with van der Waals surface area (Å²) in [4.78, 5) is 12.7. The molecule has 7 heteroatoms. The molecule has 28 heavy (non-hydrogen) atoms. The van der Waals surface area contributed by atoms with Gasteiger partial charge in [-0.15, -0.1) is 0 Å². The Balaban J connectivity index is 1.94. The predicted molar refractivity (Wildman–Crippen MR) is 113 cm³/mol. The normalized spacial score (nSPS) is 11.8. The summed E-state index contributed by atoms with van der Waals surface area (Å²) in [6.07, 6.45) is -0.960. The van der Waals surface area contributed by atoms with E-state index < -0.39 is 12.0 Å². The van der Waals surface area contributed by atoms with Gasteiger partial charge in [-0.05, 0) is 35.9 Å². The maximum absolute atomic E-state index is 12.7. The number of rotatable bonds is 5. The van der Waals surface area contributed by atoms with Crippen molar-refractivity contribution in [2.24, 2.45) is 0 Å². The maximum Gasteiger partial charge on any atom is 0.255 e. The molecule has 0 saturated heterocycles. The number of halogens is 3. The smallest absolute Gasteiger partial charge is 0.255 e. The molecule has 0 saturated carbocycles. The zero-order valence-electron chi connectivity index (χ0n) is 14.7. The van der Waals surface area contributed by atoms with Crippen LogP contribution >= 0.6 is 34.8 Å². The molecule has 0 radical (unpaired) electrons. The minimum absolute atomic E-state index is 0.223. The van der Waals surface area contributed by atoms with Crippen LogP contribution in [0.15, 0.2) is 60.7 Å². The molecular formula is C21H16Cl3NO3. The van der Waals surface area contributed by atoms with Crippen LogP contribution in [0.5, 0.6) is 5.75 Å². The second-order valence-corrected chi connectivity index (χ2v) is 7.22. The van der Waals surface area contributed by atoms with Crippen molar-refractivity contribution < 1.29 is 14.6 Å². The molecule has 0 bridgehead atoms. The molecule has 3 aromatic carbocycles. The number of anilines is 1. The Morgan fingerprint density at radius 2 is 1.64 bits per heavy atom. The Kier molecular flexibility index (Phi) is 6.47. The highest BCUT2D eigenvalue weighted by atomic mass is 35.5. The minimum atomic E-state index is -0.960. The number of aliphatic hydroxyl groups is 1. The molecule has 0 heterocycles. The van der Waals surface area contributed by atoms with E-state index >= 15 is 0 Å². The number of carbonyl (C=O) groups excluding carboxylic acids is 1. The van der Waals surface area contributed by atoms with E-state index in [-0.39, 0.29) is 15.6 Å². The molecule has 1 atom stereocenters. The molecule has 0 aliphatic heterocycles. The number of nitrogens with one attached hydrogen (secondary N) is 1. The van der Waals surface area contributed by atoms with Crippen LogP contribution in [0.4, 0.5) is 5.69 Å². The number of ether oxygens (including phenoxy) is 1. The van der Waals surface area contributed by atoms with Crippen molar-refractivity contribution in [2.45, 2.75) is 6.10 Å². The number of hydrogen-bond acceptors (Lipinski definition) is 3. The van der Waals surface area contributed by atoms with E-state index in [1.54, 1.807) is 30.3 Å². The zero-order valence-corrected chi connectivity index (χ0v) is 17.0. The second kappa shape index (κ2) is 8.84. The average Bonchev–Trinajstić information content (AvgIpc) is 2.69. The summed E-state index contributed by atoms with van der Waals surface area (Å²) in [5.41, 5.74) is 1.83. The summed E-state index contributed by atoms with van der Waals surface area (Å²) in [6, 6.07) is 16.9. The molecule has 1 amide bonds. The highest BCUT2D eigenvalue weighted by Crippen LogP contribution is 2.35. The molecule has 0 aliphatic rings. The summed E-state index contributed by atoms with van der Waals surface area (Å²) in [7, 11) is 1.44. The lowest BCUT2D eigenvalue weighted by atomic mass is 9.99. The molecule has 0 aromatic heterocycles. The van der Waals surface area contributed by atoms with Crippen LogP contribution in [0.2, 0.25) is 15.1 Å². The topological polar surface area (TPSA) is 58.6 Å². The number of methoxy groups -OCH3 is 1. The first-order valence-corrected chi connectivity index (χ1v) is 9.41. The zero-order chi connectivity index (χ0) is 20.3. The fourth-order valence-corrected chi connectivity index (χ4v) is 3.59. The minimum Gasteiger partial charge on any atom is -0.494 e. The number of amides is 1. The lowest BCUT2D eigenvalue weighted by Gasteiger charge is -2.17. The maximum atomic E-state index is 12.7. The first kappa shape index (κ1) is 20.5. The van der Waals surface area contributed by atoms with Crippen molar-refractivity contribution in [2.75, 3.05) is 12.4 Å². The van der Waals surface area contributed by atoms with Crippen molar-refractivity contribution in [3.8, 4) is 5.75 Å². The van der Waals surface area contributed by atoms with Gasteiger partial charge in [0, 0.05) is 21.8 Å². The second-order valence-electron chi connectivity index (χ2n) is 5.97. The van der Waals surface area contributed by atoms with E-state index in [2.05, 4.69) is 5.32 Å². The van der Waals surface area contributed by atoms with Crippen LogP contribution in [-0.4, -0.2) is 18.1 Å². The highest BCUT2D eigenvalue weighted by Gasteiger charge is 2.19. The Hall–Kier alpha value is -2.24. The third-order valence-corrected chi connectivity index (χ3v) is 4.93. The number of benzene rings is 3. The van der Waals surface area contributed by atoms with E-state index in [1.807, 2.05) is 18.2 Å². The molecule has 0 unspecified atom stereocenters. The Bertz CT molecular complexity index is 986. The van der Waals surface area contributed by atoms with Gasteiger partial charge in [0.15, 0.2) is 5.75 Å². The molecule has 0 fully saturated rings. The average molecular weight is 437 g/mol. The number of hydrogen-bond donors (Lipinski definition) is 2. The third-order valence-electron chi connectivity index (χ3n) is 4.14. The van der Waals surface area contributed by atoms with Gasteiger partial charge in [-0.3, -0.25) is 4.79 Å². The van der Waals surface area contributed by atoms with Crippen LogP contribution in [0.1, 0.15) is 27.6 Å². The number of carbonyl (C=O) groups is 1. The molecule has 4 nitrogen and oxygen atoms in total. The van der Waals surface area contributed by atoms with Gasteiger partial charge in [0.05, 0.1) is 17.2 Å². The van der Waals surface area contributed by atoms with Gasteiger partial charge in [0.1, 0.15) is 6.10 Å². The molecule has 3 rings (SSSR count). The van der Waals surface area contributed by atoms with Crippen molar-refractivity contribution in [1.29, 1.82) is 0 Å². The van der Waals surface area contributed by atoms with Crippen LogP contribution in [0, 0.1) is 0 Å². The van der Waals surface area contributed by atoms with E-state index in [0.29, 0.717) is 27.6 Å². The number of aliphatic hydroxyl groups excluding tert-OH is 1. The van der Waals surface area contributed by atoms with Crippen molar-refractivity contribution in [3.05, 3.63) is 92.4 Å². The predicted octanol–water partition coefficient (Wildman–Crippen LogP) is 5.99.